The van der Waals surface area contributed by atoms with Crippen LogP contribution in [-0.4, -0.2) is 60.3 Å². The van der Waals surface area contributed by atoms with Gasteiger partial charge in [-0.3, -0.25) is 0 Å². The molecule has 0 spiro atoms. The summed E-state index contributed by atoms with van der Waals surface area (Å²) >= 11 is 0. The highest BCUT2D eigenvalue weighted by Crippen LogP contribution is 2.39. The lowest BCUT2D eigenvalue weighted by Gasteiger charge is -2.51. The van der Waals surface area contributed by atoms with E-state index >= 15 is 0 Å². The first kappa shape index (κ1) is 12.3. The summed E-state index contributed by atoms with van der Waals surface area (Å²) in [4.78, 5) is 4.68. The first-order valence-corrected chi connectivity index (χ1v) is 6.59. The predicted molar refractivity (Wildman–Crippen MR) is 66.5 cm³/mol. The van der Waals surface area contributed by atoms with Gasteiger partial charge in [-0.1, -0.05) is 6.42 Å². The first-order chi connectivity index (χ1) is 7.50. The van der Waals surface area contributed by atoms with Crippen LogP contribution in [0.3, 0.4) is 0 Å². The van der Waals surface area contributed by atoms with Crippen molar-refractivity contribution in [3.05, 3.63) is 0 Å². The second kappa shape index (κ2) is 4.63. The zero-order chi connectivity index (χ0) is 11.8. The molecule has 2 heterocycles. The summed E-state index contributed by atoms with van der Waals surface area (Å²) in [7, 11) is 6.40. The molecule has 2 rings (SSSR count). The van der Waals surface area contributed by atoms with Crippen LogP contribution in [-0.2, 0) is 0 Å². The Morgan fingerprint density at radius 3 is 2.31 bits per heavy atom. The van der Waals surface area contributed by atoms with E-state index in [1.165, 1.54) is 19.3 Å². The molecule has 3 heteroatoms. The van der Waals surface area contributed by atoms with E-state index in [1.54, 1.807) is 0 Å². The summed E-state index contributed by atoms with van der Waals surface area (Å²) < 4.78 is 0. The summed E-state index contributed by atoms with van der Waals surface area (Å²) in [6, 6.07) is 1.25. The molecule has 0 aromatic rings. The Hall–Kier alpha value is -0.120. The largest absolute Gasteiger partial charge is 0.390 e. The van der Waals surface area contributed by atoms with Gasteiger partial charge in [-0.15, -0.1) is 0 Å². The molecule has 2 fully saturated rings. The Morgan fingerprint density at radius 2 is 1.81 bits per heavy atom. The standard InChI is InChI=1S/C13H26N2O/c1-14(2)8-7-13(16)9-11-5-4-6-12(10-13)15(11)3/h11-12,16H,4-10H2,1-3H3. The molecule has 2 atom stereocenters. The van der Waals surface area contributed by atoms with Crippen molar-refractivity contribution >= 4 is 0 Å². The quantitative estimate of drug-likeness (QED) is 0.786. The highest BCUT2D eigenvalue weighted by Gasteiger charge is 2.43. The third-order valence-corrected chi connectivity index (χ3v) is 4.48. The molecule has 2 aliphatic heterocycles. The van der Waals surface area contributed by atoms with Gasteiger partial charge in [0.2, 0.25) is 0 Å². The van der Waals surface area contributed by atoms with E-state index < -0.39 is 5.60 Å². The Labute approximate surface area is 99.4 Å². The fraction of sp³-hybridized carbons (Fsp3) is 1.00. The Kier molecular flexibility index (Phi) is 3.57. The zero-order valence-corrected chi connectivity index (χ0v) is 10.9. The van der Waals surface area contributed by atoms with Gasteiger partial charge in [-0.2, -0.15) is 0 Å². The number of rotatable bonds is 3. The van der Waals surface area contributed by atoms with Crippen LogP contribution in [0.4, 0.5) is 0 Å². The van der Waals surface area contributed by atoms with E-state index in [-0.39, 0.29) is 0 Å². The molecule has 3 nitrogen and oxygen atoms in total. The van der Waals surface area contributed by atoms with Crippen LogP contribution in [0, 0.1) is 0 Å². The maximum atomic E-state index is 10.7. The number of nitrogens with zero attached hydrogens (tertiary/aromatic N) is 2. The minimum absolute atomic E-state index is 0.396. The van der Waals surface area contributed by atoms with Crippen LogP contribution < -0.4 is 0 Å². The zero-order valence-electron chi connectivity index (χ0n) is 10.9. The highest BCUT2D eigenvalue weighted by atomic mass is 16.3. The average Bonchev–Trinajstić information content (AvgIpc) is 2.18. The second-order valence-electron chi connectivity index (χ2n) is 6.09. The van der Waals surface area contributed by atoms with Crippen molar-refractivity contribution in [2.75, 3.05) is 27.7 Å². The van der Waals surface area contributed by atoms with Crippen LogP contribution in [0.1, 0.15) is 38.5 Å². The van der Waals surface area contributed by atoms with Crippen molar-refractivity contribution in [1.29, 1.82) is 0 Å². The van der Waals surface area contributed by atoms with E-state index in [0.717, 1.165) is 25.8 Å². The fourth-order valence-corrected chi connectivity index (χ4v) is 3.38. The lowest BCUT2D eigenvalue weighted by atomic mass is 9.74. The van der Waals surface area contributed by atoms with Crippen molar-refractivity contribution in [3.8, 4) is 0 Å². The van der Waals surface area contributed by atoms with Crippen LogP contribution in [0.15, 0.2) is 0 Å². The molecular formula is C13H26N2O. The van der Waals surface area contributed by atoms with Crippen molar-refractivity contribution in [1.82, 2.24) is 9.80 Å². The van der Waals surface area contributed by atoms with Gasteiger partial charge in [0.25, 0.3) is 0 Å². The molecule has 2 unspecified atom stereocenters. The molecule has 0 radical (unpaired) electrons. The lowest BCUT2D eigenvalue weighted by Crippen LogP contribution is -2.56. The summed E-state index contributed by atoms with van der Waals surface area (Å²) in [5.41, 5.74) is -0.396. The SMILES string of the molecule is CN(C)CCC1(O)CC2CCCC(C1)N2C. The molecule has 0 amide bonds. The highest BCUT2D eigenvalue weighted by molar-refractivity contribution is 4.98. The summed E-state index contributed by atoms with van der Waals surface area (Å²) in [5, 5.41) is 10.7. The van der Waals surface area contributed by atoms with Crippen molar-refractivity contribution in [3.63, 3.8) is 0 Å². The van der Waals surface area contributed by atoms with Gasteiger partial charge in [0.05, 0.1) is 5.60 Å². The third-order valence-electron chi connectivity index (χ3n) is 4.48. The Morgan fingerprint density at radius 1 is 1.25 bits per heavy atom. The van der Waals surface area contributed by atoms with E-state index in [9.17, 15) is 5.11 Å². The molecule has 94 valence electrons. The third kappa shape index (κ3) is 2.58. The van der Waals surface area contributed by atoms with Crippen LogP contribution >= 0.6 is 0 Å². The number of piperidine rings is 2. The van der Waals surface area contributed by atoms with Crippen LogP contribution in [0.5, 0.6) is 0 Å². The average molecular weight is 226 g/mol. The van der Waals surface area contributed by atoms with Gasteiger partial charge in [-0.05, 0) is 53.2 Å². The molecule has 2 saturated heterocycles. The van der Waals surface area contributed by atoms with Gasteiger partial charge >= 0.3 is 0 Å². The fourth-order valence-electron chi connectivity index (χ4n) is 3.38. The molecule has 0 aromatic carbocycles. The first-order valence-electron chi connectivity index (χ1n) is 6.59. The molecular weight excluding hydrogens is 200 g/mol. The number of aliphatic hydroxyl groups is 1. The minimum atomic E-state index is -0.396. The summed E-state index contributed by atoms with van der Waals surface area (Å²) in [6.45, 7) is 1.000. The van der Waals surface area contributed by atoms with E-state index in [1.807, 2.05) is 0 Å². The molecule has 1 N–H and O–H groups in total. The smallest absolute Gasteiger partial charge is 0.0689 e. The summed E-state index contributed by atoms with van der Waals surface area (Å²) in [5.74, 6) is 0. The van der Waals surface area contributed by atoms with Gasteiger partial charge in [0.15, 0.2) is 0 Å². The van der Waals surface area contributed by atoms with Crippen molar-refractivity contribution in [2.45, 2.75) is 56.2 Å². The van der Waals surface area contributed by atoms with Gasteiger partial charge in [-0.25, -0.2) is 0 Å². The van der Waals surface area contributed by atoms with Gasteiger partial charge in [0.1, 0.15) is 0 Å². The van der Waals surface area contributed by atoms with Crippen molar-refractivity contribution in [2.24, 2.45) is 0 Å². The summed E-state index contributed by atoms with van der Waals surface area (Å²) in [6.07, 6.45) is 6.79. The number of fused-ring (bicyclic) bond motifs is 2. The normalized spacial score (nSPS) is 40.3. The Balaban J connectivity index is 1.97. The second-order valence-corrected chi connectivity index (χ2v) is 6.09. The van der Waals surface area contributed by atoms with Crippen molar-refractivity contribution < 1.29 is 5.11 Å². The molecule has 0 saturated carbocycles. The molecule has 0 aliphatic carbocycles. The number of hydrogen-bond donors (Lipinski definition) is 1. The van der Waals surface area contributed by atoms with E-state index in [0.29, 0.717) is 12.1 Å². The number of hydrogen-bond acceptors (Lipinski definition) is 3. The minimum Gasteiger partial charge on any atom is -0.390 e. The lowest BCUT2D eigenvalue weighted by molar-refractivity contribution is -0.0888. The topological polar surface area (TPSA) is 26.7 Å². The molecule has 16 heavy (non-hydrogen) atoms. The van der Waals surface area contributed by atoms with E-state index in [2.05, 4.69) is 30.9 Å². The van der Waals surface area contributed by atoms with Gasteiger partial charge in [0, 0.05) is 18.6 Å². The van der Waals surface area contributed by atoms with Gasteiger partial charge < -0.3 is 14.9 Å². The monoisotopic (exact) mass is 226 g/mol. The van der Waals surface area contributed by atoms with E-state index in [4.69, 9.17) is 0 Å². The molecule has 0 aromatic heterocycles. The predicted octanol–water partition coefficient (Wildman–Crippen LogP) is 1.32. The molecule has 2 aliphatic rings. The maximum absolute atomic E-state index is 10.7. The van der Waals surface area contributed by atoms with Crippen LogP contribution in [0.25, 0.3) is 0 Å². The Bertz CT molecular complexity index is 228. The van der Waals surface area contributed by atoms with Crippen LogP contribution in [0.2, 0.25) is 0 Å². The maximum Gasteiger partial charge on any atom is 0.0689 e. The molecule has 2 bridgehead atoms.